The zero-order chi connectivity index (χ0) is 28.2. The Morgan fingerprint density at radius 3 is 2.62 bits per heavy atom. The van der Waals surface area contributed by atoms with Crippen LogP contribution in [0, 0.1) is 0 Å². The molecule has 2 aromatic heterocycles. The van der Waals surface area contributed by atoms with Gasteiger partial charge < -0.3 is 25.0 Å². The number of carbonyl (C=O) groups excluding carboxylic acids is 1. The Hall–Kier alpha value is -3.54. The minimum atomic E-state index is -1.52. The van der Waals surface area contributed by atoms with E-state index in [4.69, 9.17) is 21.1 Å². The first kappa shape index (κ1) is 28.0. The number of carbonyl (C=O) groups is 1. The van der Waals surface area contributed by atoms with Gasteiger partial charge in [0.15, 0.2) is 5.67 Å². The summed E-state index contributed by atoms with van der Waals surface area (Å²) in [6, 6.07) is 10.9. The maximum atomic E-state index is 14.8. The second-order valence-electron chi connectivity index (χ2n) is 10.2. The van der Waals surface area contributed by atoms with Crippen LogP contribution in [0.15, 0.2) is 53.6 Å². The van der Waals surface area contributed by atoms with Gasteiger partial charge in [0, 0.05) is 25.8 Å². The third kappa shape index (κ3) is 5.96. The number of pyridine rings is 1. The molecule has 10 nitrogen and oxygen atoms in total. The fourth-order valence-corrected chi connectivity index (χ4v) is 5.12. The number of halogens is 2. The Balaban J connectivity index is 1.23. The zero-order valence-corrected chi connectivity index (χ0v) is 23.0. The first-order valence-corrected chi connectivity index (χ1v) is 13.7. The largest absolute Gasteiger partial charge is 0.439 e. The summed E-state index contributed by atoms with van der Waals surface area (Å²) in [6.45, 7) is 1.90. The van der Waals surface area contributed by atoms with E-state index in [2.05, 4.69) is 20.7 Å². The molecular weight excluding hydrogens is 539 g/mol. The molecule has 212 valence electrons. The lowest BCUT2D eigenvalue weighted by molar-refractivity contribution is -0.121. The molecule has 0 bridgehead atoms. The first-order chi connectivity index (χ1) is 19.4. The van der Waals surface area contributed by atoms with Gasteiger partial charge in [0.1, 0.15) is 10.8 Å². The Labute approximate surface area is 236 Å². The number of nitrogens with one attached hydrogen (secondary N) is 2. The van der Waals surface area contributed by atoms with Crippen LogP contribution >= 0.6 is 11.6 Å². The fourth-order valence-electron chi connectivity index (χ4n) is 4.92. The van der Waals surface area contributed by atoms with Gasteiger partial charge in [-0.05, 0) is 56.5 Å². The quantitative estimate of drug-likeness (QED) is 0.317. The maximum Gasteiger partial charge on any atom is 0.292 e. The average Bonchev–Trinajstić information content (AvgIpc) is 3.78. The number of benzene rings is 1. The van der Waals surface area contributed by atoms with Crippen molar-refractivity contribution in [2.75, 3.05) is 45.2 Å². The van der Waals surface area contributed by atoms with Gasteiger partial charge in [-0.1, -0.05) is 23.7 Å². The molecule has 1 aromatic carbocycles. The van der Waals surface area contributed by atoms with Gasteiger partial charge in [0.05, 0.1) is 42.5 Å². The lowest BCUT2D eigenvalue weighted by Gasteiger charge is -2.29. The highest BCUT2D eigenvalue weighted by atomic mass is 35.5. The standard InChI is InChI=1S/C28H32ClFN6O4/c1-31-12-13-35(19-37)28(10-11-28)20-3-6-22(7-4-20)40-24-8-5-21(15-32-24)36-26(38)25(29)23(16-34-36)33-17-27(30)9-2-14-39-18-27/h3-8,15-16,19,31,33H,2,9-14,17-18H2,1H3. The van der Waals surface area contributed by atoms with E-state index in [1.807, 2.05) is 36.2 Å². The predicted molar refractivity (Wildman–Crippen MR) is 149 cm³/mol. The molecule has 5 rings (SSSR count). The number of rotatable bonds is 12. The van der Waals surface area contributed by atoms with E-state index in [0.717, 1.165) is 36.0 Å². The van der Waals surface area contributed by atoms with Gasteiger partial charge in [-0.25, -0.2) is 9.37 Å². The van der Waals surface area contributed by atoms with Crippen molar-refractivity contribution in [2.24, 2.45) is 0 Å². The Morgan fingerprint density at radius 2 is 2.00 bits per heavy atom. The van der Waals surface area contributed by atoms with Crippen LogP contribution < -0.4 is 20.9 Å². The fraction of sp³-hybridized carbons (Fsp3) is 0.429. The van der Waals surface area contributed by atoms with Crippen molar-refractivity contribution in [3.05, 3.63) is 69.7 Å². The van der Waals surface area contributed by atoms with E-state index in [1.165, 1.54) is 12.4 Å². The van der Waals surface area contributed by atoms with Gasteiger partial charge in [-0.15, -0.1) is 0 Å². The lowest BCUT2D eigenvalue weighted by Crippen LogP contribution is -2.40. The van der Waals surface area contributed by atoms with Gasteiger partial charge in [-0.2, -0.15) is 9.78 Å². The van der Waals surface area contributed by atoms with Crippen LogP contribution in [0.4, 0.5) is 10.1 Å². The number of aromatic nitrogens is 3. The maximum absolute atomic E-state index is 14.8. The number of ether oxygens (including phenoxy) is 2. The average molecular weight is 571 g/mol. The Morgan fingerprint density at radius 1 is 1.20 bits per heavy atom. The highest BCUT2D eigenvalue weighted by Crippen LogP contribution is 2.50. The second kappa shape index (κ2) is 11.9. The van der Waals surface area contributed by atoms with Crippen molar-refractivity contribution in [2.45, 2.75) is 36.9 Å². The predicted octanol–water partition coefficient (Wildman–Crippen LogP) is 3.67. The van der Waals surface area contributed by atoms with E-state index < -0.39 is 11.2 Å². The van der Waals surface area contributed by atoms with Crippen molar-refractivity contribution in [1.29, 1.82) is 0 Å². The van der Waals surface area contributed by atoms with Crippen molar-refractivity contribution in [3.8, 4) is 17.3 Å². The summed E-state index contributed by atoms with van der Waals surface area (Å²) < 4.78 is 27.1. The third-order valence-electron chi connectivity index (χ3n) is 7.37. The van der Waals surface area contributed by atoms with Gasteiger partial charge >= 0.3 is 0 Å². The third-order valence-corrected chi connectivity index (χ3v) is 7.74. The normalized spacial score (nSPS) is 19.6. The molecular formula is C28H32ClFN6O4. The van der Waals surface area contributed by atoms with Crippen molar-refractivity contribution in [1.82, 2.24) is 25.0 Å². The Bertz CT molecular complexity index is 1380. The van der Waals surface area contributed by atoms with Crippen molar-refractivity contribution in [3.63, 3.8) is 0 Å². The van der Waals surface area contributed by atoms with Gasteiger partial charge in [0.25, 0.3) is 5.56 Å². The minimum Gasteiger partial charge on any atom is -0.439 e. The molecule has 0 radical (unpaired) electrons. The lowest BCUT2D eigenvalue weighted by atomic mass is 9.99. The summed E-state index contributed by atoms with van der Waals surface area (Å²) in [4.78, 5) is 30.7. The smallest absolute Gasteiger partial charge is 0.292 e. The number of anilines is 1. The molecule has 40 heavy (non-hydrogen) atoms. The number of hydrogen-bond donors (Lipinski definition) is 2. The van der Waals surface area contributed by atoms with E-state index in [1.54, 1.807) is 12.1 Å². The number of nitrogens with zero attached hydrogens (tertiary/aromatic N) is 4. The van der Waals surface area contributed by atoms with Crippen molar-refractivity contribution < 1.29 is 18.7 Å². The molecule has 3 heterocycles. The van der Waals surface area contributed by atoms with Gasteiger partial charge in [0.2, 0.25) is 12.3 Å². The van der Waals surface area contributed by atoms with Crippen LogP contribution in [0.2, 0.25) is 5.02 Å². The molecule has 2 aliphatic rings. The summed E-state index contributed by atoms with van der Waals surface area (Å²) in [5.74, 6) is 0.928. The zero-order valence-electron chi connectivity index (χ0n) is 22.2. The van der Waals surface area contributed by atoms with Crippen LogP contribution in [0.5, 0.6) is 11.6 Å². The van der Waals surface area contributed by atoms with E-state index in [9.17, 15) is 14.0 Å². The molecule has 1 atom stereocenters. The number of hydrogen-bond acceptors (Lipinski definition) is 8. The molecule has 1 saturated carbocycles. The minimum absolute atomic E-state index is 0.00284. The molecule has 2 N–H and O–H groups in total. The highest BCUT2D eigenvalue weighted by Gasteiger charge is 2.49. The topological polar surface area (TPSA) is 111 Å². The molecule has 12 heteroatoms. The molecule has 1 aliphatic heterocycles. The van der Waals surface area contributed by atoms with Crippen LogP contribution in [-0.2, 0) is 15.1 Å². The van der Waals surface area contributed by atoms with E-state index in [0.29, 0.717) is 43.3 Å². The summed E-state index contributed by atoms with van der Waals surface area (Å²) in [5, 5.41) is 10.1. The first-order valence-electron chi connectivity index (χ1n) is 13.3. The molecule has 1 amide bonds. The van der Waals surface area contributed by atoms with E-state index in [-0.39, 0.29) is 29.4 Å². The SMILES string of the molecule is CNCCN(C=O)C1(c2ccc(Oc3ccc(-n4ncc(NCC5(F)CCCOC5)c(Cl)c4=O)cn3)cc2)CC1. The van der Waals surface area contributed by atoms with E-state index >= 15 is 0 Å². The second-order valence-corrected chi connectivity index (χ2v) is 10.5. The van der Waals surface area contributed by atoms with Crippen molar-refractivity contribution >= 4 is 23.7 Å². The summed E-state index contributed by atoms with van der Waals surface area (Å²) >= 11 is 6.29. The molecule has 0 spiro atoms. The summed E-state index contributed by atoms with van der Waals surface area (Å²) in [6.07, 6.45) is 6.64. The number of amides is 1. The summed E-state index contributed by atoms with van der Waals surface area (Å²) in [5.41, 5.74) is -0.596. The van der Waals surface area contributed by atoms with Gasteiger partial charge in [-0.3, -0.25) is 9.59 Å². The molecule has 1 unspecified atom stereocenters. The highest BCUT2D eigenvalue weighted by molar-refractivity contribution is 6.32. The summed E-state index contributed by atoms with van der Waals surface area (Å²) in [7, 11) is 1.87. The van der Waals surface area contributed by atoms with Crippen LogP contribution in [0.25, 0.3) is 5.69 Å². The van der Waals surface area contributed by atoms with Crippen LogP contribution in [-0.4, -0.2) is 71.6 Å². The molecule has 2 fully saturated rings. The number of alkyl halides is 1. The molecule has 1 aliphatic carbocycles. The molecule has 3 aromatic rings. The monoisotopic (exact) mass is 570 g/mol. The number of likely N-dealkylation sites (N-methyl/N-ethyl adjacent to an activating group) is 1. The molecule has 1 saturated heterocycles. The van der Waals surface area contributed by atoms with Crippen LogP contribution in [0.3, 0.4) is 0 Å². The Kier molecular flexibility index (Phi) is 8.34. The van der Waals surface area contributed by atoms with Crippen LogP contribution in [0.1, 0.15) is 31.2 Å².